The zero-order valence-electron chi connectivity index (χ0n) is 10.3. The molecule has 0 spiro atoms. The van der Waals surface area contributed by atoms with Gasteiger partial charge in [0.15, 0.2) is 0 Å². The Labute approximate surface area is 106 Å². The number of para-hydroxylation sites is 1. The lowest BCUT2D eigenvalue weighted by Crippen LogP contribution is -2.33. The van der Waals surface area contributed by atoms with Crippen molar-refractivity contribution >= 4 is 21.7 Å². The monoisotopic (exact) mass is 272 g/mol. The summed E-state index contributed by atoms with van der Waals surface area (Å²) in [5.41, 5.74) is 6.60. The molecule has 18 heavy (non-hydrogen) atoms. The maximum absolute atomic E-state index is 12.0. The van der Waals surface area contributed by atoms with E-state index in [1.807, 2.05) is 0 Å². The number of nitrogens with zero attached hydrogens (tertiary/aromatic N) is 1. The molecule has 0 fully saturated rings. The van der Waals surface area contributed by atoms with Crippen molar-refractivity contribution in [2.45, 2.75) is 5.75 Å². The summed E-state index contributed by atoms with van der Waals surface area (Å²) in [5.74, 6) is -0.852. The van der Waals surface area contributed by atoms with Gasteiger partial charge in [-0.05, 0) is 11.6 Å². The molecule has 0 unspecified atom stereocenters. The lowest BCUT2D eigenvalue weighted by Gasteiger charge is -2.16. The third-order valence-electron chi connectivity index (χ3n) is 2.45. The van der Waals surface area contributed by atoms with Crippen molar-refractivity contribution in [1.82, 2.24) is 4.31 Å². The number of carbonyl (C=O) groups excluding carboxylic acids is 1. The maximum atomic E-state index is 12.0. The molecular formula is C11H16N2O4S. The van der Waals surface area contributed by atoms with Crippen molar-refractivity contribution in [3.05, 3.63) is 29.8 Å². The van der Waals surface area contributed by atoms with Crippen LogP contribution in [0.3, 0.4) is 0 Å². The number of benzene rings is 1. The van der Waals surface area contributed by atoms with Crippen LogP contribution >= 0.6 is 0 Å². The summed E-state index contributed by atoms with van der Waals surface area (Å²) in [6, 6.07) is 6.70. The molecule has 0 heterocycles. The van der Waals surface area contributed by atoms with Crippen LogP contribution < -0.4 is 5.73 Å². The van der Waals surface area contributed by atoms with Crippen molar-refractivity contribution in [2.24, 2.45) is 0 Å². The first-order chi connectivity index (χ1) is 8.36. The van der Waals surface area contributed by atoms with Crippen LogP contribution in [0.5, 0.6) is 0 Å². The molecule has 0 amide bonds. The second-order valence-corrected chi connectivity index (χ2v) is 5.86. The highest BCUT2D eigenvalue weighted by Crippen LogP contribution is 2.15. The van der Waals surface area contributed by atoms with Gasteiger partial charge < -0.3 is 10.5 Å². The van der Waals surface area contributed by atoms with Crippen LogP contribution in [0.2, 0.25) is 0 Å². The molecule has 1 aromatic rings. The zero-order chi connectivity index (χ0) is 13.8. The van der Waals surface area contributed by atoms with E-state index in [1.165, 1.54) is 14.2 Å². The Morgan fingerprint density at radius 1 is 1.39 bits per heavy atom. The predicted octanol–water partition coefficient (Wildman–Crippen LogP) is 0.203. The summed E-state index contributed by atoms with van der Waals surface area (Å²) in [7, 11) is -1.06. The predicted molar refractivity (Wildman–Crippen MR) is 68.1 cm³/mol. The normalized spacial score (nSPS) is 11.5. The molecule has 1 aromatic carbocycles. The average molecular weight is 272 g/mol. The molecule has 1 rings (SSSR count). The number of nitrogen functional groups attached to an aromatic ring is 1. The molecular weight excluding hydrogens is 256 g/mol. The molecule has 0 aromatic heterocycles. The number of carbonyl (C=O) groups is 1. The summed E-state index contributed by atoms with van der Waals surface area (Å²) in [6.07, 6.45) is 0. The molecule has 0 saturated carbocycles. The zero-order valence-corrected chi connectivity index (χ0v) is 11.1. The van der Waals surface area contributed by atoms with Crippen LogP contribution in [0.15, 0.2) is 24.3 Å². The molecule has 7 heteroatoms. The number of anilines is 1. The molecule has 0 bridgehead atoms. The van der Waals surface area contributed by atoms with Gasteiger partial charge in [0.1, 0.15) is 6.54 Å². The number of likely N-dealkylation sites (N-methyl/N-ethyl adjacent to an activating group) is 1. The van der Waals surface area contributed by atoms with Gasteiger partial charge in [0.2, 0.25) is 10.0 Å². The van der Waals surface area contributed by atoms with Gasteiger partial charge in [-0.25, -0.2) is 8.42 Å². The van der Waals surface area contributed by atoms with E-state index in [1.54, 1.807) is 24.3 Å². The smallest absolute Gasteiger partial charge is 0.320 e. The van der Waals surface area contributed by atoms with E-state index in [0.29, 0.717) is 11.3 Å². The van der Waals surface area contributed by atoms with Crippen molar-refractivity contribution < 1.29 is 17.9 Å². The van der Waals surface area contributed by atoms with Crippen LogP contribution in [-0.2, 0) is 25.3 Å². The average Bonchev–Trinajstić information content (AvgIpc) is 2.31. The van der Waals surface area contributed by atoms with E-state index in [9.17, 15) is 13.2 Å². The maximum Gasteiger partial charge on any atom is 0.320 e. The van der Waals surface area contributed by atoms with Crippen molar-refractivity contribution in [3.63, 3.8) is 0 Å². The number of ether oxygens (including phenoxy) is 1. The molecule has 6 nitrogen and oxygen atoms in total. The Bertz CT molecular complexity index is 528. The van der Waals surface area contributed by atoms with E-state index in [-0.39, 0.29) is 12.3 Å². The van der Waals surface area contributed by atoms with Crippen molar-refractivity contribution in [2.75, 3.05) is 26.4 Å². The molecule has 0 atom stereocenters. The summed E-state index contributed by atoms with van der Waals surface area (Å²) in [5, 5.41) is 0. The van der Waals surface area contributed by atoms with Crippen LogP contribution in [0.4, 0.5) is 5.69 Å². The standard InChI is InChI=1S/C11H16N2O4S/c1-13(7-11(14)17-2)18(15,16)8-9-5-3-4-6-10(9)12/h3-6H,7-8,12H2,1-2H3. The first-order valence-corrected chi connectivity index (χ1v) is 6.82. The minimum atomic E-state index is -3.59. The Kier molecular flexibility index (Phi) is 4.69. The van der Waals surface area contributed by atoms with E-state index in [4.69, 9.17) is 5.73 Å². The number of rotatable bonds is 5. The second kappa shape index (κ2) is 5.83. The van der Waals surface area contributed by atoms with Gasteiger partial charge in [-0.1, -0.05) is 18.2 Å². The van der Waals surface area contributed by atoms with Gasteiger partial charge >= 0.3 is 5.97 Å². The third-order valence-corrected chi connectivity index (χ3v) is 4.20. The molecule has 0 aliphatic heterocycles. The SMILES string of the molecule is COC(=O)CN(C)S(=O)(=O)Cc1ccccc1N. The summed E-state index contributed by atoms with van der Waals surface area (Å²) >= 11 is 0. The van der Waals surface area contributed by atoms with Crippen molar-refractivity contribution in [3.8, 4) is 0 Å². The van der Waals surface area contributed by atoms with Gasteiger partial charge in [0.05, 0.1) is 12.9 Å². The lowest BCUT2D eigenvalue weighted by molar-refractivity contribution is -0.140. The molecule has 0 radical (unpaired) electrons. The van der Waals surface area contributed by atoms with Crippen LogP contribution in [-0.4, -0.2) is 39.4 Å². The summed E-state index contributed by atoms with van der Waals surface area (Å²) in [4.78, 5) is 11.0. The largest absolute Gasteiger partial charge is 0.468 e. The van der Waals surface area contributed by atoms with Gasteiger partial charge in [0, 0.05) is 12.7 Å². The number of esters is 1. The molecule has 100 valence electrons. The highest BCUT2D eigenvalue weighted by atomic mass is 32.2. The minimum absolute atomic E-state index is 0.243. The molecule has 0 aliphatic carbocycles. The fourth-order valence-corrected chi connectivity index (χ4v) is 2.50. The van der Waals surface area contributed by atoms with Crippen LogP contribution in [0.1, 0.15) is 5.56 Å². The van der Waals surface area contributed by atoms with Crippen LogP contribution in [0, 0.1) is 0 Å². The van der Waals surface area contributed by atoms with E-state index in [2.05, 4.69) is 4.74 Å². The molecule has 2 N–H and O–H groups in total. The first-order valence-electron chi connectivity index (χ1n) is 5.21. The number of nitrogens with two attached hydrogens (primary N) is 1. The molecule has 0 aliphatic rings. The lowest BCUT2D eigenvalue weighted by atomic mass is 10.2. The van der Waals surface area contributed by atoms with E-state index < -0.39 is 16.0 Å². The number of hydrogen-bond acceptors (Lipinski definition) is 5. The Balaban J connectivity index is 2.82. The van der Waals surface area contributed by atoms with Gasteiger partial charge in [-0.3, -0.25) is 4.79 Å². The van der Waals surface area contributed by atoms with Gasteiger partial charge in [0.25, 0.3) is 0 Å². The first kappa shape index (κ1) is 14.5. The molecule has 0 saturated heterocycles. The number of sulfonamides is 1. The Morgan fingerprint density at radius 3 is 2.56 bits per heavy atom. The minimum Gasteiger partial charge on any atom is -0.468 e. The van der Waals surface area contributed by atoms with Crippen molar-refractivity contribution in [1.29, 1.82) is 0 Å². The highest BCUT2D eigenvalue weighted by molar-refractivity contribution is 7.88. The Hall–Kier alpha value is -1.60. The fourth-order valence-electron chi connectivity index (χ4n) is 1.32. The highest BCUT2D eigenvalue weighted by Gasteiger charge is 2.22. The van der Waals surface area contributed by atoms with Gasteiger partial charge in [-0.15, -0.1) is 0 Å². The second-order valence-electron chi connectivity index (χ2n) is 3.79. The number of hydrogen-bond donors (Lipinski definition) is 1. The summed E-state index contributed by atoms with van der Waals surface area (Å²) < 4.78 is 29.3. The van der Waals surface area contributed by atoms with E-state index >= 15 is 0 Å². The van der Waals surface area contributed by atoms with Gasteiger partial charge in [-0.2, -0.15) is 4.31 Å². The topological polar surface area (TPSA) is 89.7 Å². The fraction of sp³-hybridized carbons (Fsp3) is 0.364. The third kappa shape index (κ3) is 3.71. The number of methoxy groups -OCH3 is 1. The quantitative estimate of drug-likeness (QED) is 0.611. The van der Waals surface area contributed by atoms with E-state index in [0.717, 1.165) is 4.31 Å². The summed E-state index contributed by atoms with van der Waals surface area (Å²) in [6.45, 7) is -0.314. The Morgan fingerprint density at radius 2 is 2.00 bits per heavy atom. The van der Waals surface area contributed by atoms with Crippen LogP contribution in [0.25, 0.3) is 0 Å².